The Morgan fingerprint density at radius 1 is 1.36 bits per heavy atom. The lowest BCUT2D eigenvalue weighted by Crippen LogP contribution is -2.47. The Morgan fingerprint density at radius 3 is 2.92 bits per heavy atom. The maximum absolute atomic E-state index is 12.5. The third-order valence-corrected chi connectivity index (χ3v) is 4.88. The van der Waals surface area contributed by atoms with Crippen molar-refractivity contribution < 1.29 is 18.8 Å². The fourth-order valence-corrected chi connectivity index (χ4v) is 3.40. The Hall–Kier alpha value is -1.51. The minimum atomic E-state index is 0.142. The molecule has 2 saturated heterocycles. The van der Waals surface area contributed by atoms with Gasteiger partial charge in [-0.25, -0.2) is 0 Å². The van der Waals surface area contributed by atoms with Gasteiger partial charge in [-0.2, -0.15) is 4.98 Å². The standard InChI is InChI=1S/C17H28N4O4/c1-23-10-6-15-19-16(25-20-15)12-24-14-4-8-21(9-5-14)17(22)13-3-2-7-18-11-13/h13-14,18H,2-12H2,1H3. The fourth-order valence-electron chi connectivity index (χ4n) is 3.40. The molecule has 8 nitrogen and oxygen atoms in total. The van der Waals surface area contributed by atoms with Crippen molar-refractivity contribution in [2.45, 2.75) is 44.8 Å². The summed E-state index contributed by atoms with van der Waals surface area (Å²) in [6, 6.07) is 0. The lowest BCUT2D eigenvalue weighted by molar-refractivity contribution is -0.139. The number of ether oxygens (including phenoxy) is 2. The SMILES string of the molecule is COCCc1noc(COC2CCN(C(=O)C3CCCNC3)CC2)n1. The van der Waals surface area contributed by atoms with Gasteiger partial charge in [0.05, 0.1) is 18.6 Å². The molecule has 8 heteroatoms. The summed E-state index contributed by atoms with van der Waals surface area (Å²) in [5, 5.41) is 7.21. The van der Waals surface area contributed by atoms with Gasteiger partial charge in [-0.3, -0.25) is 4.79 Å². The van der Waals surface area contributed by atoms with E-state index in [0.717, 1.165) is 51.9 Å². The van der Waals surface area contributed by atoms with Crippen LogP contribution in [0.5, 0.6) is 0 Å². The number of amides is 1. The highest BCUT2D eigenvalue weighted by molar-refractivity contribution is 5.79. The Morgan fingerprint density at radius 2 is 2.20 bits per heavy atom. The zero-order valence-electron chi connectivity index (χ0n) is 14.9. The van der Waals surface area contributed by atoms with Crippen molar-refractivity contribution in [1.29, 1.82) is 0 Å². The summed E-state index contributed by atoms with van der Waals surface area (Å²) in [7, 11) is 1.64. The molecule has 1 aromatic heterocycles. The van der Waals surface area contributed by atoms with Gasteiger partial charge in [0.15, 0.2) is 5.82 Å². The van der Waals surface area contributed by atoms with Gasteiger partial charge in [0, 0.05) is 33.2 Å². The van der Waals surface area contributed by atoms with E-state index in [-0.39, 0.29) is 12.0 Å². The van der Waals surface area contributed by atoms with Crippen molar-refractivity contribution >= 4 is 5.91 Å². The number of hydrogen-bond donors (Lipinski definition) is 1. The molecule has 140 valence electrons. The molecule has 2 aliphatic heterocycles. The number of nitrogens with zero attached hydrogens (tertiary/aromatic N) is 3. The third kappa shape index (κ3) is 5.23. The van der Waals surface area contributed by atoms with Crippen molar-refractivity contribution in [3.8, 4) is 0 Å². The summed E-state index contributed by atoms with van der Waals surface area (Å²) in [6.07, 6.45) is 4.59. The zero-order chi connectivity index (χ0) is 17.5. The molecular weight excluding hydrogens is 324 g/mol. The average molecular weight is 352 g/mol. The Balaban J connectivity index is 1.37. The summed E-state index contributed by atoms with van der Waals surface area (Å²) in [5.41, 5.74) is 0. The summed E-state index contributed by atoms with van der Waals surface area (Å²) in [5.74, 6) is 1.58. The van der Waals surface area contributed by atoms with Crippen LogP contribution in [0.2, 0.25) is 0 Å². The first-order valence-electron chi connectivity index (χ1n) is 9.17. The van der Waals surface area contributed by atoms with Crippen LogP contribution in [0.4, 0.5) is 0 Å². The van der Waals surface area contributed by atoms with Crippen LogP contribution < -0.4 is 5.32 Å². The van der Waals surface area contributed by atoms with Crippen LogP contribution in [0.3, 0.4) is 0 Å². The number of piperidine rings is 2. The van der Waals surface area contributed by atoms with E-state index in [2.05, 4.69) is 15.5 Å². The second-order valence-electron chi connectivity index (χ2n) is 6.73. The predicted molar refractivity (Wildman–Crippen MR) is 89.9 cm³/mol. The molecule has 1 unspecified atom stereocenters. The molecule has 0 aliphatic carbocycles. The van der Waals surface area contributed by atoms with E-state index >= 15 is 0 Å². The van der Waals surface area contributed by atoms with Gasteiger partial charge in [0.1, 0.15) is 6.61 Å². The van der Waals surface area contributed by atoms with Crippen LogP contribution in [0.1, 0.15) is 37.4 Å². The van der Waals surface area contributed by atoms with E-state index < -0.39 is 0 Å². The fraction of sp³-hybridized carbons (Fsp3) is 0.824. The number of aromatic nitrogens is 2. The van der Waals surface area contributed by atoms with E-state index in [4.69, 9.17) is 14.0 Å². The largest absolute Gasteiger partial charge is 0.384 e. The lowest BCUT2D eigenvalue weighted by atomic mass is 9.96. The molecule has 0 spiro atoms. The quantitative estimate of drug-likeness (QED) is 0.775. The molecule has 1 N–H and O–H groups in total. The van der Waals surface area contributed by atoms with Crippen LogP contribution in [-0.4, -0.2) is 66.9 Å². The number of carbonyl (C=O) groups is 1. The topological polar surface area (TPSA) is 89.7 Å². The number of likely N-dealkylation sites (tertiary alicyclic amines) is 1. The molecule has 3 heterocycles. The number of hydrogen-bond acceptors (Lipinski definition) is 7. The number of nitrogens with one attached hydrogen (secondary N) is 1. The molecular formula is C17H28N4O4. The molecule has 2 aliphatic rings. The Kier molecular flexibility index (Phi) is 6.77. The maximum atomic E-state index is 12.5. The molecule has 0 bridgehead atoms. The minimum Gasteiger partial charge on any atom is -0.384 e. The Bertz CT molecular complexity index is 537. The van der Waals surface area contributed by atoms with Crippen molar-refractivity contribution in [2.24, 2.45) is 5.92 Å². The van der Waals surface area contributed by atoms with Crippen molar-refractivity contribution in [1.82, 2.24) is 20.4 Å². The molecule has 1 atom stereocenters. The first-order chi connectivity index (χ1) is 12.3. The van der Waals surface area contributed by atoms with Crippen molar-refractivity contribution in [2.75, 3.05) is 39.9 Å². The average Bonchev–Trinajstić information content (AvgIpc) is 3.13. The monoisotopic (exact) mass is 352 g/mol. The summed E-state index contributed by atoms with van der Waals surface area (Å²) >= 11 is 0. The Labute approximate surface area is 148 Å². The van der Waals surface area contributed by atoms with E-state index in [1.807, 2.05) is 4.90 Å². The minimum absolute atomic E-state index is 0.142. The van der Waals surface area contributed by atoms with E-state index in [1.165, 1.54) is 0 Å². The van der Waals surface area contributed by atoms with E-state index in [9.17, 15) is 4.79 Å². The number of rotatable bonds is 7. The second-order valence-corrected chi connectivity index (χ2v) is 6.73. The van der Waals surface area contributed by atoms with Crippen LogP contribution >= 0.6 is 0 Å². The smallest absolute Gasteiger partial charge is 0.252 e. The van der Waals surface area contributed by atoms with Gasteiger partial charge in [-0.15, -0.1) is 0 Å². The van der Waals surface area contributed by atoms with Crippen molar-refractivity contribution in [3.05, 3.63) is 11.7 Å². The highest BCUT2D eigenvalue weighted by Crippen LogP contribution is 2.20. The first kappa shape index (κ1) is 18.3. The predicted octanol–water partition coefficient (Wildman–Crippen LogP) is 0.766. The molecule has 1 amide bonds. The van der Waals surface area contributed by atoms with Gasteiger partial charge in [0.2, 0.25) is 5.91 Å². The molecule has 0 aromatic carbocycles. The molecule has 1 aromatic rings. The van der Waals surface area contributed by atoms with Gasteiger partial charge in [-0.05, 0) is 32.2 Å². The van der Waals surface area contributed by atoms with E-state index in [0.29, 0.717) is 37.3 Å². The second kappa shape index (κ2) is 9.26. The normalized spacial score (nSPS) is 22.3. The first-order valence-corrected chi connectivity index (χ1v) is 9.17. The van der Waals surface area contributed by atoms with Gasteiger partial charge < -0.3 is 24.2 Å². The third-order valence-electron chi connectivity index (χ3n) is 4.88. The molecule has 2 fully saturated rings. The van der Waals surface area contributed by atoms with Crippen LogP contribution in [0.25, 0.3) is 0 Å². The van der Waals surface area contributed by atoms with Crippen molar-refractivity contribution in [3.63, 3.8) is 0 Å². The summed E-state index contributed by atoms with van der Waals surface area (Å²) in [6.45, 7) is 4.28. The number of carbonyl (C=O) groups excluding carboxylic acids is 1. The molecule has 0 radical (unpaired) electrons. The highest BCUT2D eigenvalue weighted by atomic mass is 16.5. The summed E-state index contributed by atoms with van der Waals surface area (Å²) < 4.78 is 16.1. The molecule has 3 rings (SSSR count). The van der Waals surface area contributed by atoms with Gasteiger partial charge in [-0.1, -0.05) is 5.16 Å². The van der Waals surface area contributed by atoms with Crippen LogP contribution in [-0.2, 0) is 27.3 Å². The van der Waals surface area contributed by atoms with E-state index in [1.54, 1.807) is 7.11 Å². The zero-order valence-corrected chi connectivity index (χ0v) is 14.9. The van der Waals surface area contributed by atoms with Gasteiger partial charge in [0.25, 0.3) is 5.89 Å². The molecule has 0 saturated carbocycles. The maximum Gasteiger partial charge on any atom is 0.252 e. The lowest BCUT2D eigenvalue weighted by Gasteiger charge is -2.35. The summed E-state index contributed by atoms with van der Waals surface area (Å²) in [4.78, 5) is 18.8. The highest BCUT2D eigenvalue weighted by Gasteiger charge is 2.29. The van der Waals surface area contributed by atoms with Crippen LogP contribution in [0.15, 0.2) is 4.52 Å². The number of methoxy groups -OCH3 is 1. The van der Waals surface area contributed by atoms with Gasteiger partial charge >= 0.3 is 0 Å². The molecule has 25 heavy (non-hydrogen) atoms. The van der Waals surface area contributed by atoms with Crippen LogP contribution in [0, 0.1) is 5.92 Å².